The molecule has 0 bridgehead atoms. The molecule has 4 heteroatoms. The van der Waals surface area contributed by atoms with E-state index in [0.29, 0.717) is 24.7 Å². The summed E-state index contributed by atoms with van der Waals surface area (Å²) in [6, 6.07) is 0. The standard InChI is InChI=1S/C21H28O4/c1-20-8-7-13(23)9-12(20)3-4-14-15-5-6-16(18(25)11-22)21(15,2)10-17(24)19(14)20/h9,14-16,19,22H,3-8,10-11H2,1-2H3/t14-,15+,16+,19+,20-,21-/m0/s1. The van der Waals surface area contributed by atoms with Gasteiger partial charge in [-0.1, -0.05) is 19.4 Å². The molecule has 4 rings (SSSR count). The van der Waals surface area contributed by atoms with Gasteiger partial charge in [-0.3, -0.25) is 14.4 Å². The highest BCUT2D eigenvalue weighted by molar-refractivity contribution is 5.93. The number of carbonyl (C=O) groups excluding carboxylic acids is 3. The van der Waals surface area contributed by atoms with Crippen LogP contribution in [-0.2, 0) is 14.4 Å². The van der Waals surface area contributed by atoms with Crippen molar-refractivity contribution in [1.29, 1.82) is 0 Å². The first-order chi connectivity index (χ1) is 11.8. The predicted octanol–water partition coefficient (Wildman–Crippen LogP) is 2.87. The third-order valence-electron chi connectivity index (χ3n) is 8.19. The van der Waals surface area contributed by atoms with E-state index in [1.165, 1.54) is 5.57 Å². The number of hydrogen-bond acceptors (Lipinski definition) is 4. The highest BCUT2D eigenvalue weighted by atomic mass is 16.3. The number of hydrogen-bond donors (Lipinski definition) is 1. The van der Waals surface area contributed by atoms with Gasteiger partial charge in [0.05, 0.1) is 0 Å². The molecule has 0 unspecified atom stereocenters. The summed E-state index contributed by atoms with van der Waals surface area (Å²) >= 11 is 0. The number of allylic oxidation sites excluding steroid dienone is 1. The Kier molecular flexibility index (Phi) is 3.84. The van der Waals surface area contributed by atoms with E-state index in [1.54, 1.807) is 0 Å². The lowest BCUT2D eigenvalue weighted by Crippen LogP contribution is -2.55. The average Bonchev–Trinajstić information content (AvgIpc) is 2.91. The number of ketones is 3. The number of carbonyl (C=O) groups is 3. The van der Waals surface area contributed by atoms with E-state index in [1.807, 2.05) is 6.08 Å². The lowest BCUT2D eigenvalue weighted by molar-refractivity contribution is -0.149. The molecule has 4 nitrogen and oxygen atoms in total. The number of rotatable bonds is 2. The summed E-state index contributed by atoms with van der Waals surface area (Å²) in [7, 11) is 0. The fraction of sp³-hybridized carbons (Fsp3) is 0.762. The summed E-state index contributed by atoms with van der Waals surface area (Å²) < 4.78 is 0. The van der Waals surface area contributed by atoms with E-state index >= 15 is 0 Å². The Balaban J connectivity index is 1.71. The average molecular weight is 344 g/mol. The number of Topliss-reactive ketones (excluding diaryl/α,β-unsaturated/α-hetero) is 2. The van der Waals surface area contributed by atoms with Crippen molar-refractivity contribution >= 4 is 17.3 Å². The molecule has 0 aromatic heterocycles. The molecular weight excluding hydrogens is 316 g/mol. The molecule has 0 aliphatic heterocycles. The van der Waals surface area contributed by atoms with Gasteiger partial charge in [0.15, 0.2) is 11.6 Å². The van der Waals surface area contributed by atoms with Crippen LogP contribution in [0.5, 0.6) is 0 Å². The van der Waals surface area contributed by atoms with Crippen molar-refractivity contribution in [2.75, 3.05) is 6.61 Å². The van der Waals surface area contributed by atoms with Gasteiger partial charge in [0.1, 0.15) is 12.4 Å². The molecule has 3 fully saturated rings. The molecule has 0 radical (unpaired) electrons. The molecule has 0 aromatic rings. The van der Waals surface area contributed by atoms with Crippen molar-refractivity contribution in [1.82, 2.24) is 0 Å². The van der Waals surface area contributed by atoms with E-state index in [4.69, 9.17) is 0 Å². The Morgan fingerprint density at radius 1 is 1.20 bits per heavy atom. The van der Waals surface area contributed by atoms with Gasteiger partial charge in [0.2, 0.25) is 0 Å². The summed E-state index contributed by atoms with van der Waals surface area (Å²) in [5, 5.41) is 9.34. The van der Waals surface area contributed by atoms with Crippen molar-refractivity contribution in [3.63, 3.8) is 0 Å². The van der Waals surface area contributed by atoms with Gasteiger partial charge in [-0.15, -0.1) is 0 Å². The summed E-state index contributed by atoms with van der Waals surface area (Å²) in [4.78, 5) is 37.4. The van der Waals surface area contributed by atoms with E-state index in [2.05, 4.69) is 13.8 Å². The van der Waals surface area contributed by atoms with Crippen LogP contribution in [-0.4, -0.2) is 29.1 Å². The maximum absolute atomic E-state index is 13.3. The summed E-state index contributed by atoms with van der Waals surface area (Å²) in [6.07, 6.45) is 7.23. The van der Waals surface area contributed by atoms with E-state index < -0.39 is 6.61 Å². The fourth-order valence-electron chi connectivity index (χ4n) is 7.02. The first-order valence-electron chi connectivity index (χ1n) is 9.71. The second-order valence-corrected chi connectivity index (χ2v) is 9.24. The molecule has 136 valence electrons. The van der Waals surface area contributed by atoms with Crippen molar-refractivity contribution in [3.05, 3.63) is 11.6 Å². The van der Waals surface area contributed by atoms with Crippen molar-refractivity contribution in [2.24, 2.45) is 34.5 Å². The third-order valence-corrected chi connectivity index (χ3v) is 8.19. The SMILES string of the molecule is C[C@]12CC(=O)[C@H]3[C@@H](CCC4=CC(=O)CC[C@@]43C)[C@H]1CC[C@@H]2C(=O)CO. The zero-order valence-corrected chi connectivity index (χ0v) is 15.2. The molecule has 3 saturated carbocycles. The van der Waals surface area contributed by atoms with E-state index in [-0.39, 0.29) is 40.0 Å². The van der Waals surface area contributed by atoms with Crippen molar-refractivity contribution in [2.45, 2.75) is 58.8 Å². The lowest BCUT2D eigenvalue weighted by Gasteiger charge is -2.56. The van der Waals surface area contributed by atoms with Crippen LogP contribution < -0.4 is 0 Å². The van der Waals surface area contributed by atoms with Crippen molar-refractivity contribution < 1.29 is 19.5 Å². The lowest BCUT2D eigenvalue weighted by atomic mass is 9.46. The summed E-state index contributed by atoms with van der Waals surface area (Å²) in [6.45, 7) is 3.88. The fourth-order valence-corrected chi connectivity index (χ4v) is 7.02. The van der Waals surface area contributed by atoms with Gasteiger partial charge in [-0.25, -0.2) is 0 Å². The number of aliphatic hydroxyl groups excluding tert-OH is 1. The molecule has 4 aliphatic carbocycles. The van der Waals surface area contributed by atoms with Gasteiger partial charge in [-0.05, 0) is 60.8 Å². The topological polar surface area (TPSA) is 71.4 Å². The first-order valence-corrected chi connectivity index (χ1v) is 9.71. The van der Waals surface area contributed by atoms with Gasteiger partial charge >= 0.3 is 0 Å². The molecular formula is C21H28O4. The van der Waals surface area contributed by atoms with Crippen LogP contribution in [0.15, 0.2) is 11.6 Å². The minimum atomic E-state index is -0.415. The minimum absolute atomic E-state index is 0.00153. The number of aliphatic hydroxyl groups is 1. The molecule has 0 spiro atoms. The molecule has 0 amide bonds. The number of fused-ring (bicyclic) bond motifs is 5. The molecule has 0 saturated heterocycles. The van der Waals surface area contributed by atoms with Crippen LogP contribution in [0.4, 0.5) is 0 Å². The van der Waals surface area contributed by atoms with Crippen LogP contribution >= 0.6 is 0 Å². The summed E-state index contributed by atoms with van der Waals surface area (Å²) in [5.41, 5.74) is 0.719. The second kappa shape index (κ2) is 5.60. The Morgan fingerprint density at radius 3 is 2.68 bits per heavy atom. The zero-order chi connectivity index (χ0) is 18.0. The second-order valence-electron chi connectivity index (χ2n) is 9.24. The molecule has 4 aliphatic rings. The highest BCUT2D eigenvalue weighted by Crippen LogP contribution is 2.65. The Morgan fingerprint density at radius 2 is 1.96 bits per heavy atom. The van der Waals surface area contributed by atoms with E-state index in [0.717, 1.165) is 32.1 Å². The van der Waals surface area contributed by atoms with Gasteiger partial charge in [-0.2, -0.15) is 0 Å². The Hall–Kier alpha value is -1.29. The van der Waals surface area contributed by atoms with Crippen molar-refractivity contribution in [3.8, 4) is 0 Å². The van der Waals surface area contributed by atoms with Crippen LogP contribution in [0, 0.1) is 34.5 Å². The highest BCUT2D eigenvalue weighted by Gasteiger charge is 2.62. The molecule has 25 heavy (non-hydrogen) atoms. The maximum Gasteiger partial charge on any atom is 0.161 e. The molecule has 6 atom stereocenters. The van der Waals surface area contributed by atoms with Gasteiger partial charge in [0, 0.05) is 24.7 Å². The van der Waals surface area contributed by atoms with Crippen LogP contribution in [0.3, 0.4) is 0 Å². The van der Waals surface area contributed by atoms with Gasteiger partial charge in [0.25, 0.3) is 0 Å². The monoisotopic (exact) mass is 344 g/mol. The third kappa shape index (κ3) is 2.26. The van der Waals surface area contributed by atoms with E-state index in [9.17, 15) is 19.5 Å². The largest absolute Gasteiger partial charge is 0.389 e. The Labute approximate surface area is 149 Å². The summed E-state index contributed by atoms with van der Waals surface area (Å²) in [5.74, 6) is 0.913. The normalized spacial score (nSPS) is 46.1. The molecule has 1 N–H and O–H groups in total. The maximum atomic E-state index is 13.3. The van der Waals surface area contributed by atoms with Crippen LogP contribution in [0.1, 0.15) is 58.8 Å². The Bertz CT molecular complexity index is 677. The van der Waals surface area contributed by atoms with Gasteiger partial charge < -0.3 is 5.11 Å². The smallest absolute Gasteiger partial charge is 0.161 e. The quantitative estimate of drug-likeness (QED) is 0.836. The predicted molar refractivity (Wildman–Crippen MR) is 92.7 cm³/mol. The molecule has 0 heterocycles. The minimum Gasteiger partial charge on any atom is -0.389 e. The first kappa shape index (κ1) is 17.1. The molecule has 0 aromatic carbocycles. The zero-order valence-electron chi connectivity index (χ0n) is 15.2. The van der Waals surface area contributed by atoms with Crippen LogP contribution in [0.25, 0.3) is 0 Å². The van der Waals surface area contributed by atoms with Crippen LogP contribution in [0.2, 0.25) is 0 Å².